The van der Waals surface area contributed by atoms with Crippen molar-refractivity contribution in [1.82, 2.24) is 4.98 Å². The second-order valence-electron chi connectivity index (χ2n) is 6.28. The van der Waals surface area contributed by atoms with E-state index in [-0.39, 0.29) is 5.60 Å². The van der Waals surface area contributed by atoms with Crippen molar-refractivity contribution in [3.8, 4) is 0 Å². The fourth-order valence-corrected chi connectivity index (χ4v) is 3.79. The molecule has 1 aromatic heterocycles. The molecular formula is C16H25N3O. The lowest BCUT2D eigenvalue weighted by atomic mass is 9.78. The van der Waals surface area contributed by atoms with Crippen LogP contribution in [0.5, 0.6) is 0 Å². The van der Waals surface area contributed by atoms with Crippen molar-refractivity contribution in [3.05, 3.63) is 18.5 Å². The summed E-state index contributed by atoms with van der Waals surface area (Å²) in [6.07, 6.45) is 12.2. The number of aromatic nitrogens is 1. The zero-order chi connectivity index (χ0) is 14.0. The number of anilines is 2. The minimum Gasteiger partial charge on any atom is -0.396 e. The first-order valence-corrected chi connectivity index (χ1v) is 7.76. The third-order valence-corrected chi connectivity index (χ3v) is 4.99. The molecule has 0 amide bonds. The predicted molar refractivity (Wildman–Crippen MR) is 81.8 cm³/mol. The van der Waals surface area contributed by atoms with Crippen LogP contribution in [0.15, 0.2) is 18.5 Å². The summed E-state index contributed by atoms with van der Waals surface area (Å²) < 4.78 is 6.18. The first kappa shape index (κ1) is 13.7. The molecule has 1 aromatic rings. The van der Waals surface area contributed by atoms with Crippen molar-refractivity contribution in [2.75, 3.05) is 24.3 Å². The topological polar surface area (TPSA) is 51.4 Å². The van der Waals surface area contributed by atoms with Crippen molar-refractivity contribution in [3.63, 3.8) is 0 Å². The van der Waals surface area contributed by atoms with E-state index in [1.165, 1.54) is 32.1 Å². The summed E-state index contributed by atoms with van der Waals surface area (Å²) in [7, 11) is 2.15. The summed E-state index contributed by atoms with van der Waals surface area (Å²) >= 11 is 0. The molecule has 2 N–H and O–H groups in total. The van der Waals surface area contributed by atoms with Crippen LogP contribution in [0.3, 0.4) is 0 Å². The van der Waals surface area contributed by atoms with E-state index in [0.29, 0.717) is 6.04 Å². The van der Waals surface area contributed by atoms with Gasteiger partial charge in [-0.15, -0.1) is 0 Å². The number of nitrogens with zero attached hydrogens (tertiary/aromatic N) is 2. The summed E-state index contributed by atoms with van der Waals surface area (Å²) in [5.74, 6) is 0. The monoisotopic (exact) mass is 275 g/mol. The molecule has 110 valence electrons. The van der Waals surface area contributed by atoms with Gasteiger partial charge in [0.15, 0.2) is 0 Å². The Kier molecular flexibility index (Phi) is 3.83. The van der Waals surface area contributed by atoms with Crippen LogP contribution in [0.1, 0.15) is 44.9 Å². The van der Waals surface area contributed by atoms with Gasteiger partial charge in [0.25, 0.3) is 0 Å². The average Bonchev–Trinajstić information content (AvgIpc) is 2.48. The lowest BCUT2D eigenvalue weighted by Gasteiger charge is -2.46. The highest BCUT2D eigenvalue weighted by atomic mass is 16.5. The maximum absolute atomic E-state index is 6.18. The van der Waals surface area contributed by atoms with Gasteiger partial charge in [0.2, 0.25) is 0 Å². The molecular weight excluding hydrogens is 250 g/mol. The number of rotatable bonds is 2. The van der Waals surface area contributed by atoms with Gasteiger partial charge in [-0.05, 0) is 31.7 Å². The summed E-state index contributed by atoms with van der Waals surface area (Å²) in [5.41, 5.74) is 8.06. The summed E-state index contributed by atoms with van der Waals surface area (Å²) in [5, 5.41) is 0. The third-order valence-electron chi connectivity index (χ3n) is 4.99. The summed E-state index contributed by atoms with van der Waals surface area (Å²) in [4.78, 5) is 6.41. The van der Waals surface area contributed by atoms with Gasteiger partial charge in [0.1, 0.15) is 0 Å². The van der Waals surface area contributed by atoms with E-state index in [1.54, 1.807) is 6.20 Å². The van der Waals surface area contributed by atoms with Crippen LogP contribution in [0.4, 0.5) is 11.4 Å². The molecule has 2 heterocycles. The van der Waals surface area contributed by atoms with Crippen LogP contribution in [0.2, 0.25) is 0 Å². The first-order chi connectivity index (χ1) is 9.70. The van der Waals surface area contributed by atoms with Gasteiger partial charge in [-0.25, -0.2) is 0 Å². The minimum atomic E-state index is 0.136. The molecule has 0 bridgehead atoms. The largest absolute Gasteiger partial charge is 0.396 e. The maximum Gasteiger partial charge on any atom is 0.0738 e. The van der Waals surface area contributed by atoms with Crippen molar-refractivity contribution in [2.24, 2.45) is 0 Å². The van der Waals surface area contributed by atoms with Gasteiger partial charge in [0, 0.05) is 25.9 Å². The number of hydrogen-bond donors (Lipinski definition) is 1. The summed E-state index contributed by atoms with van der Waals surface area (Å²) in [6.45, 7) is 0.875. The Labute approximate surface area is 121 Å². The van der Waals surface area contributed by atoms with Crippen LogP contribution < -0.4 is 10.6 Å². The van der Waals surface area contributed by atoms with E-state index in [9.17, 15) is 0 Å². The molecule has 2 fully saturated rings. The molecule has 0 aromatic carbocycles. The number of hydrogen-bond acceptors (Lipinski definition) is 4. The van der Waals surface area contributed by atoms with Crippen LogP contribution in [0, 0.1) is 0 Å². The van der Waals surface area contributed by atoms with Crippen molar-refractivity contribution >= 4 is 11.4 Å². The molecule has 1 unspecified atom stereocenters. The van der Waals surface area contributed by atoms with E-state index in [0.717, 1.165) is 30.8 Å². The molecule has 1 aliphatic carbocycles. The number of ether oxygens (including phenoxy) is 1. The fraction of sp³-hybridized carbons (Fsp3) is 0.688. The van der Waals surface area contributed by atoms with Crippen molar-refractivity contribution in [1.29, 1.82) is 0 Å². The maximum atomic E-state index is 6.18. The zero-order valence-corrected chi connectivity index (χ0v) is 12.3. The van der Waals surface area contributed by atoms with Crippen molar-refractivity contribution in [2.45, 2.75) is 56.6 Å². The van der Waals surface area contributed by atoms with E-state index in [4.69, 9.17) is 10.5 Å². The smallest absolute Gasteiger partial charge is 0.0738 e. The van der Waals surface area contributed by atoms with Gasteiger partial charge in [-0.1, -0.05) is 19.3 Å². The molecule has 2 aliphatic rings. The van der Waals surface area contributed by atoms with Gasteiger partial charge in [0.05, 0.1) is 23.2 Å². The summed E-state index contributed by atoms with van der Waals surface area (Å²) in [6, 6.07) is 2.53. The van der Waals surface area contributed by atoms with Crippen molar-refractivity contribution < 1.29 is 4.74 Å². The number of nitrogens with two attached hydrogens (primary N) is 1. The Morgan fingerprint density at radius 1 is 1.35 bits per heavy atom. The standard InChI is InChI=1S/C16H25N3O/c1-19(15-5-9-18-12-14(15)17)13-6-10-20-16(11-13)7-3-2-4-8-16/h5,9,12-13H,2-4,6-8,10-11,17H2,1H3. The molecule has 0 radical (unpaired) electrons. The van der Waals surface area contributed by atoms with Gasteiger partial charge >= 0.3 is 0 Å². The number of nitrogen functional groups attached to an aromatic ring is 1. The Morgan fingerprint density at radius 3 is 2.90 bits per heavy atom. The molecule has 4 nitrogen and oxygen atoms in total. The minimum absolute atomic E-state index is 0.136. The lowest BCUT2D eigenvalue weighted by molar-refractivity contribution is -0.105. The predicted octanol–water partition coefficient (Wildman–Crippen LogP) is 2.98. The highest BCUT2D eigenvalue weighted by Crippen LogP contribution is 2.40. The highest BCUT2D eigenvalue weighted by molar-refractivity contribution is 5.66. The third kappa shape index (κ3) is 2.62. The van der Waals surface area contributed by atoms with Crippen LogP contribution >= 0.6 is 0 Å². The fourth-order valence-electron chi connectivity index (χ4n) is 3.79. The SMILES string of the molecule is CN(c1ccncc1N)C1CCOC2(CCCCC2)C1. The number of pyridine rings is 1. The molecule has 1 saturated carbocycles. The van der Waals surface area contributed by atoms with Gasteiger partial charge in [-0.2, -0.15) is 0 Å². The Balaban J connectivity index is 1.75. The lowest BCUT2D eigenvalue weighted by Crippen LogP contribution is -2.48. The molecule has 1 saturated heterocycles. The molecule has 1 atom stereocenters. The van der Waals surface area contributed by atoms with Gasteiger partial charge < -0.3 is 15.4 Å². The highest BCUT2D eigenvalue weighted by Gasteiger charge is 2.39. The van der Waals surface area contributed by atoms with Crippen LogP contribution in [0.25, 0.3) is 0 Å². The normalized spacial score (nSPS) is 25.6. The molecule has 1 aliphatic heterocycles. The van der Waals surface area contributed by atoms with Crippen LogP contribution in [-0.4, -0.2) is 30.3 Å². The molecule has 3 rings (SSSR count). The van der Waals surface area contributed by atoms with E-state index < -0.39 is 0 Å². The molecule has 4 heteroatoms. The zero-order valence-electron chi connectivity index (χ0n) is 12.3. The average molecular weight is 275 g/mol. The van der Waals surface area contributed by atoms with E-state index in [1.807, 2.05) is 12.3 Å². The Hall–Kier alpha value is -1.29. The second-order valence-corrected chi connectivity index (χ2v) is 6.28. The van der Waals surface area contributed by atoms with Crippen LogP contribution in [-0.2, 0) is 4.74 Å². The first-order valence-electron chi connectivity index (χ1n) is 7.76. The van der Waals surface area contributed by atoms with E-state index >= 15 is 0 Å². The Bertz CT molecular complexity index is 451. The quantitative estimate of drug-likeness (QED) is 0.901. The molecule has 20 heavy (non-hydrogen) atoms. The molecule has 1 spiro atoms. The second kappa shape index (κ2) is 5.60. The van der Waals surface area contributed by atoms with E-state index in [2.05, 4.69) is 16.9 Å². The van der Waals surface area contributed by atoms with Gasteiger partial charge in [-0.3, -0.25) is 4.98 Å². The Morgan fingerprint density at radius 2 is 2.15 bits per heavy atom.